The number of carbonyl (C=O) groups excluding carboxylic acids is 1. The molecular weight excluding hydrogens is 228 g/mol. The van der Waals surface area contributed by atoms with E-state index in [2.05, 4.69) is 5.10 Å². The van der Waals surface area contributed by atoms with Crippen molar-refractivity contribution in [1.29, 1.82) is 0 Å². The minimum absolute atomic E-state index is 0.477. The Bertz CT molecular complexity index is 513. The number of fused-ring (bicyclic) bond motifs is 1. The molecule has 0 atom stereocenters. The van der Waals surface area contributed by atoms with Crippen molar-refractivity contribution in [3.05, 3.63) is 35.9 Å². The van der Waals surface area contributed by atoms with Crippen molar-refractivity contribution in [1.82, 2.24) is 0 Å². The number of allylic oxidation sites excluding steroid dienone is 1. The zero-order chi connectivity index (χ0) is 13.2. The van der Waals surface area contributed by atoms with E-state index in [1.807, 2.05) is 51.1 Å². The van der Waals surface area contributed by atoms with Crippen LogP contribution in [0.2, 0.25) is 0 Å². The molecule has 2 rings (SSSR count). The van der Waals surface area contributed by atoms with E-state index in [0.717, 1.165) is 11.3 Å². The summed E-state index contributed by atoms with van der Waals surface area (Å²) in [5, 5.41) is 5.37. The molecule has 1 aromatic carbocycles. The van der Waals surface area contributed by atoms with Gasteiger partial charge in [0.25, 0.3) is 0 Å². The predicted molar refractivity (Wildman–Crippen MR) is 72.7 cm³/mol. The Kier molecular flexibility index (Phi) is 3.19. The fourth-order valence-corrected chi connectivity index (χ4v) is 1.59. The number of amides is 1. The van der Waals surface area contributed by atoms with Crippen molar-refractivity contribution in [2.75, 3.05) is 5.01 Å². The van der Waals surface area contributed by atoms with Crippen LogP contribution in [0.15, 0.2) is 35.4 Å². The van der Waals surface area contributed by atoms with E-state index in [4.69, 9.17) is 4.74 Å². The van der Waals surface area contributed by atoms with Crippen LogP contribution in [-0.2, 0) is 4.74 Å². The fourth-order valence-electron chi connectivity index (χ4n) is 1.59. The molecule has 1 aliphatic rings. The summed E-state index contributed by atoms with van der Waals surface area (Å²) in [4.78, 5) is 12.1. The number of ether oxygens (including phenoxy) is 1. The monoisotopic (exact) mass is 244 g/mol. The molecule has 0 saturated heterocycles. The first-order chi connectivity index (χ1) is 8.47. The summed E-state index contributed by atoms with van der Waals surface area (Å²) in [6.45, 7) is 5.49. The largest absolute Gasteiger partial charge is 0.442 e. The molecule has 0 unspecified atom stereocenters. The summed E-state index contributed by atoms with van der Waals surface area (Å²) in [5.74, 6) is 0. The van der Waals surface area contributed by atoms with E-state index in [9.17, 15) is 4.79 Å². The lowest BCUT2D eigenvalue weighted by Crippen LogP contribution is -2.33. The van der Waals surface area contributed by atoms with Gasteiger partial charge >= 0.3 is 6.09 Å². The number of nitrogens with zero attached hydrogens (tertiary/aromatic N) is 2. The molecule has 1 aromatic rings. The van der Waals surface area contributed by atoms with E-state index >= 15 is 0 Å². The first-order valence-electron chi connectivity index (χ1n) is 5.80. The van der Waals surface area contributed by atoms with Crippen molar-refractivity contribution in [3.63, 3.8) is 0 Å². The van der Waals surface area contributed by atoms with Gasteiger partial charge in [-0.15, -0.1) is 0 Å². The minimum atomic E-state index is -0.540. The summed E-state index contributed by atoms with van der Waals surface area (Å²) < 4.78 is 5.34. The maximum Gasteiger partial charge on any atom is 0.435 e. The molecule has 4 heteroatoms. The average Bonchev–Trinajstić information content (AvgIpc) is 2.48. The number of hydrazone groups is 1. The Morgan fingerprint density at radius 2 is 2.00 bits per heavy atom. The second kappa shape index (κ2) is 4.64. The summed E-state index contributed by atoms with van der Waals surface area (Å²) in [6, 6.07) is 7.55. The Morgan fingerprint density at radius 1 is 1.28 bits per heavy atom. The number of carbonyl (C=O) groups is 1. The van der Waals surface area contributed by atoms with Crippen LogP contribution in [0.4, 0.5) is 10.5 Å². The molecule has 0 saturated carbocycles. The number of anilines is 1. The topological polar surface area (TPSA) is 41.9 Å². The van der Waals surface area contributed by atoms with Crippen LogP contribution in [0, 0.1) is 0 Å². The Morgan fingerprint density at radius 3 is 2.72 bits per heavy atom. The Hall–Kier alpha value is -2.10. The zero-order valence-corrected chi connectivity index (χ0v) is 10.8. The highest BCUT2D eigenvalue weighted by atomic mass is 16.6. The third-order valence-electron chi connectivity index (χ3n) is 2.28. The van der Waals surface area contributed by atoms with Crippen LogP contribution in [0.25, 0.3) is 6.08 Å². The van der Waals surface area contributed by atoms with Crippen molar-refractivity contribution >= 4 is 24.1 Å². The van der Waals surface area contributed by atoms with Gasteiger partial charge in [0.1, 0.15) is 5.60 Å². The molecule has 0 radical (unpaired) electrons. The lowest BCUT2D eigenvalue weighted by atomic mass is 10.1. The molecule has 18 heavy (non-hydrogen) atoms. The van der Waals surface area contributed by atoms with E-state index in [1.54, 1.807) is 12.3 Å². The fraction of sp³-hybridized carbons (Fsp3) is 0.286. The van der Waals surface area contributed by atoms with Crippen LogP contribution in [0.3, 0.4) is 0 Å². The van der Waals surface area contributed by atoms with Gasteiger partial charge in [-0.25, -0.2) is 4.79 Å². The first-order valence-corrected chi connectivity index (χ1v) is 5.80. The Balaban J connectivity index is 2.32. The number of hydrogen-bond donors (Lipinski definition) is 0. The number of benzene rings is 1. The van der Waals surface area contributed by atoms with Crippen LogP contribution >= 0.6 is 0 Å². The van der Waals surface area contributed by atoms with Gasteiger partial charge in [-0.2, -0.15) is 10.1 Å². The lowest BCUT2D eigenvalue weighted by Gasteiger charge is -2.24. The van der Waals surface area contributed by atoms with E-state index < -0.39 is 11.7 Å². The van der Waals surface area contributed by atoms with Crippen LogP contribution in [-0.4, -0.2) is 17.9 Å². The number of rotatable bonds is 0. The molecule has 0 aliphatic carbocycles. The minimum Gasteiger partial charge on any atom is -0.442 e. The molecule has 1 aliphatic heterocycles. The van der Waals surface area contributed by atoms with Gasteiger partial charge in [-0.05, 0) is 32.9 Å². The molecule has 0 spiro atoms. The lowest BCUT2D eigenvalue weighted by molar-refractivity contribution is 0.0581. The van der Waals surface area contributed by atoms with Gasteiger partial charge in [0.15, 0.2) is 0 Å². The summed E-state index contributed by atoms with van der Waals surface area (Å²) in [7, 11) is 0. The molecule has 0 aromatic heterocycles. The van der Waals surface area contributed by atoms with Crippen molar-refractivity contribution in [3.8, 4) is 0 Å². The van der Waals surface area contributed by atoms with Gasteiger partial charge in [-0.3, -0.25) is 0 Å². The van der Waals surface area contributed by atoms with Crippen molar-refractivity contribution in [2.45, 2.75) is 26.4 Å². The quantitative estimate of drug-likeness (QED) is 0.701. The summed E-state index contributed by atoms with van der Waals surface area (Å²) in [6.07, 6.45) is 4.80. The molecule has 1 amide bonds. The number of hydrogen-bond acceptors (Lipinski definition) is 3. The third-order valence-corrected chi connectivity index (χ3v) is 2.28. The van der Waals surface area contributed by atoms with Gasteiger partial charge in [0, 0.05) is 11.8 Å². The molecule has 0 fully saturated rings. The first kappa shape index (κ1) is 12.4. The van der Waals surface area contributed by atoms with E-state index in [1.165, 1.54) is 5.01 Å². The highest BCUT2D eigenvalue weighted by Gasteiger charge is 2.24. The smallest absolute Gasteiger partial charge is 0.435 e. The van der Waals surface area contributed by atoms with Gasteiger partial charge < -0.3 is 4.74 Å². The summed E-state index contributed by atoms with van der Waals surface area (Å²) >= 11 is 0. The van der Waals surface area contributed by atoms with Gasteiger partial charge in [-0.1, -0.05) is 24.3 Å². The molecule has 0 N–H and O–H groups in total. The molecule has 4 nitrogen and oxygen atoms in total. The second-order valence-corrected chi connectivity index (χ2v) is 4.97. The SMILES string of the molecule is CC(C)(C)OC(=O)N1N=CC=Cc2ccccc21. The second-order valence-electron chi connectivity index (χ2n) is 4.97. The van der Waals surface area contributed by atoms with Crippen molar-refractivity contribution < 1.29 is 9.53 Å². The highest BCUT2D eigenvalue weighted by molar-refractivity contribution is 5.95. The van der Waals surface area contributed by atoms with Crippen LogP contribution in [0.1, 0.15) is 26.3 Å². The van der Waals surface area contributed by atoms with Crippen LogP contribution in [0.5, 0.6) is 0 Å². The van der Waals surface area contributed by atoms with E-state index in [-0.39, 0.29) is 0 Å². The normalized spacial score (nSPS) is 14.1. The average molecular weight is 244 g/mol. The van der Waals surface area contributed by atoms with Crippen molar-refractivity contribution in [2.24, 2.45) is 5.10 Å². The van der Waals surface area contributed by atoms with Gasteiger partial charge in [0.2, 0.25) is 0 Å². The molecule has 1 heterocycles. The molecular formula is C14H16N2O2. The molecule has 0 bridgehead atoms. The van der Waals surface area contributed by atoms with E-state index in [0.29, 0.717) is 0 Å². The third kappa shape index (κ3) is 2.77. The maximum atomic E-state index is 12.1. The number of para-hydroxylation sites is 1. The zero-order valence-electron chi connectivity index (χ0n) is 10.8. The Labute approximate surface area is 107 Å². The summed E-state index contributed by atoms with van der Waals surface area (Å²) in [5.41, 5.74) is 1.11. The standard InChI is InChI=1S/C14H16N2O2/c1-14(2,3)18-13(17)16-12-9-5-4-7-11(12)8-6-10-15-16/h4-10H,1-3H3. The van der Waals surface area contributed by atoms with Gasteiger partial charge in [0.05, 0.1) is 5.69 Å². The molecule has 94 valence electrons. The van der Waals surface area contributed by atoms with Crippen LogP contribution < -0.4 is 5.01 Å². The maximum absolute atomic E-state index is 12.1. The highest BCUT2D eigenvalue weighted by Crippen LogP contribution is 2.25. The predicted octanol–water partition coefficient (Wildman–Crippen LogP) is 3.44.